The van der Waals surface area contributed by atoms with E-state index in [0.29, 0.717) is 40.5 Å². The van der Waals surface area contributed by atoms with Crippen molar-refractivity contribution in [2.24, 2.45) is 0 Å². The van der Waals surface area contributed by atoms with Crippen LogP contribution in [0.1, 0.15) is 50.2 Å². The monoisotopic (exact) mass is 484 g/mol. The average Bonchev–Trinajstić information content (AvgIpc) is 3.02. The Morgan fingerprint density at radius 1 is 1.09 bits per heavy atom. The minimum Gasteiger partial charge on any atom is -0.490 e. The van der Waals surface area contributed by atoms with Crippen molar-refractivity contribution in [1.29, 1.82) is 0 Å². The highest BCUT2D eigenvalue weighted by Gasteiger charge is 2.40. The number of halogens is 1. The number of rotatable bonds is 7. The molecule has 5 nitrogen and oxygen atoms in total. The van der Waals surface area contributed by atoms with Gasteiger partial charge in [0.05, 0.1) is 6.61 Å². The Kier molecular flexibility index (Phi) is 7.56. The first-order chi connectivity index (χ1) is 16.0. The van der Waals surface area contributed by atoms with E-state index >= 15 is 0 Å². The zero-order valence-electron chi connectivity index (χ0n) is 19.1. The molecule has 1 aliphatic heterocycles. The molecule has 2 fully saturated rings. The van der Waals surface area contributed by atoms with E-state index in [1.807, 2.05) is 72.3 Å². The molecule has 7 heteroatoms. The van der Waals surface area contributed by atoms with E-state index in [0.717, 1.165) is 36.8 Å². The third kappa shape index (κ3) is 5.33. The van der Waals surface area contributed by atoms with Crippen LogP contribution in [0.25, 0.3) is 6.08 Å². The highest BCUT2D eigenvalue weighted by Crippen LogP contribution is 2.33. The summed E-state index contributed by atoms with van der Waals surface area (Å²) in [5, 5.41) is 1.26. The standard InChI is InChI=1S/C26H29ClN2O3S/c1-3-31-24-16-18(12-13-23(24)32-17-19-8-7-9-20(27)14-19)15-22-25(30)29(26(33)28(22)2)21-10-5-4-6-11-21/h7-9,12-16,21H,3-6,10-11,17H2,1-2H3/b22-15-. The maximum atomic E-state index is 13.3. The molecular weight excluding hydrogens is 456 g/mol. The Morgan fingerprint density at radius 2 is 1.88 bits per heavy atom. The van der Waals surface area contributed by atoms with Crippen LogP contribution in [0.15, 0.2) is 48.2 Å². The Morgan fingerprint density at radius 3 is 2.61 bits per heavy atom. The van der Waals surface area contributed by atoms with Gasteiger partial charge >= 0.3 is 0 Å². The minimum absolute atomic E-state index is 0.0198. The summed E-state index contributed by atoms with van der Waals surface area (Å²) >= 11 is 11.7. The smallest absolute Gasteiger partial charge is 0.277 e. The number of carbonyl (C=O) groups excluding carboxylic acids is 1. The van der Waals surface area contributed by atoms with Crippen molar-refractivity contribution in [1.82, 2.24) is 9.80 Å². The van der Waals surface area contributed by atoms with Gasteiger partial charge in [0.1, 0.15) is 12.3 Å². The lowest BCUT2D eigenvalue weighted by Gasteiger charge is -2.30. The molecule has 2 aromatic rings. The van der Waals surface area contributed by atoms with Crippen molar-refractivity contribution in [3.8, 4) is 11.5 Å². The number of benzene rings is 2. The third-order valence-corrected chi connectivity index (χ3v) is 6.79. The maximum absolute atomic E-state index is 13.3. The Balaban J connectivity index is 1.55. The van der Waals surface area contributed by atoms with Crippen LogP contribution in [0.4, 0.5) is 0 Å². The summed E-state index contributed by atoms with van der Waals surface area (Å²) in [6.07, 6.45) is 7.43. The summed E-state index contributed by atoms with van der Waals surface area (Å²) in [4.78, 5) is 16.9. The summed E-state index contributed by atoms with van der Waals surface area (Å²) in [6.45, 7) is 2.82. The van der Waals surface area contributed by atoms with Crippen LogP contribution >= 0.6 is 23.8 Å². The molecule has 1 saturated carbocycles. The highest BCUT2D eigenvalue weighted by atomic mass is 35.5. The quantitative estimate of drug-likeness (QED) is 0.353. The second-order valence-electron chi connectivity index (χ2n) is 8.40. The van der Waals surface area contributed by atoms with E-state index in [-0.39, 0.29) is 11.9 Å². The fraction of sp³-hybridized carbons (Fsp3) is 0.385. The number of nitrogens with zero attached hydrogens (tertiary/aromatic N) is 2. The van der Waals surface area contributed by atoms with Crippen LogP contribution < -0.4 is 9.47 Å². The number of likely N-dealkylation sites (N-methyl/N-ethyl adjacent to an activating group) is 1. The van der Waals surface area contributed by atoms with E-state index < -0.39 is 0 Å². The maximum Gasteiger partial charge on any atom is 0.277 e. The fourth-order valence-corrected chi connectivity index (χ4v) is 4.93. The molecule has 1 amide bonds. The van der Waals surface area contributed by atoms with E-state index in [2.05, 4.69) is 0 Å². The summed E-state index contributed by atoms with van der Waals surface area (Å²) in [7, 11) is 1.86. The molecule has 0 spiro atoms. The Hall–Kier alpha value is -2.57. The predicted molar refractivity (Wildman–Crippen MR) is 135 cm³/mol. The topological polar surface area (TPSA) is 42.0 Å². The number of amides is 1. The summed E-state index contributed by atoms with van der Waals surface area (Å²) in [5.74, 6) is 1.26. The van der Waals surface area contributed by atoms with Gasteiger partial charge in [0.2, 0.25) is 0 Å². The van der Waals surface area contributed by atoms with E-state index in [9.17, 15) is 4.79 Å². The number of ether oxygens (including phenoxy) is 2. The lowest BCUT2D eigenvalue weighted by Crippen LogP contribution is -2.41. The van der Waals surface area contributed by atoms with Gasteiger partial charge in [-0.15, -0.1) is 0 Å². The lowest BCUT2D eigenvalue weighted by molar-refractivity contribution is -0.124. The van der Waals surface area contributed by atoms with Crippen LogP contribution in [0.3, 0.4) is 0 Å². The van der Waals surface area contributed by atoms with Gasteiger partial charge in [-0.2, -0.15) is 0 Å². The molecule has 33 heavy (non-hydrogen) atoms. The largest absolute Gasteiger partial charge is 0.490 e. The normalized spacial score (nSPS) is 18.3. The first-order valence-corrected chi connectivity index (χ1v) is 12.2. The molecule has 1 aliphatic carbocycles. The van der Waals surface area contributed by atoms with Gasteiger partial charge in [-0.05, 0) is 73.5 Å². The zero-order valence-corrected chi connectivity index (χ0v) is 20.6. The number of hydrogen-bond donors (Lipinski definition) is 0. The molecule has 0 aromatic heterocycles. The summed E-state index contributed by atoms with van der Waals surface area (Å²) in [5.41, 5.74) is 2.42. The van der Waals surface area contributed by atoms with Crippen molar-refractivity contribution in [2.45, 2.75) is 51.7 Å². The fourth-order valence-electron chi connectivity index (χ4n) is 4.39. The summed E-state index contributed by atoms with van der Waals surface area (Å²) in [6, 6.07) is 13.5. The van der Waals surface area contributed by atoms with Crippen LogP contribution in [0.2, 0.25) is 5.02 Å². The SMILES string of the molecule is CCOc1cc(/C=C2/C(=O)N(C3CCCCC3)C(=S)N2C)ccc1OCc1cccc(Cl)c1. The molecule has 0 radical (unpaired) electrons. The first-order valence-electron chi connectivity index (χ1n) is 11.4. The van der Waals surface area contributed by atoms with Gasteiger partial charge in [-0.3, -0.25) is 9.69 Å². The van der Waals surface area contributed by atoms with Crippen molar-refractivity contribution in [3.63, 3.8) is 0 Å². The van der Waals surface area contributed by atoms with Gasteiger partial charge in [0.15, 0.2) is 16.6 Å². The third-order valence-electron chi connectivity index (χ3n) is 6.09. The number of hydrogen-bond acceptors (Lipinski definition) is 4. The minimum atomic E-state index is -0.0198. The first kappa shape index (κ1) is 23.6. The van der Waals surface area contributed by atoms with Crippen LogP contribution in [-0.4, -0.2) is 40.5 Å². The van der Waals surface area contributed by atoms with Gasteiger partial charge in [0, 0.05) is 18.1 Å². The van der Waals surface area contributed by atoms with E-state index in [1.165, 1.54) is 6.42 Å². The molecule has 1 saturated heterocycles. The number of carbonyl (C=O) groups is 1. The molecule has 4 rings (SSSR count). The van der Waals surface area contributed by atoms with Gasteiger partial charge in [-0.25, -0.2) is 0 Å². The second-order valence-corrected chi connectivity index (χ2v) is 9.20. The lowest BCUT2D eigenvalue weighted by atomic mass is 9.94. The van der Waals surface area contributed by atoms with Gasteiger partial charge < -0.3 is 14.4 Å². The van der Waals surface area contributed by atoms with Crippen molar-refractivity contribution in [2.75, 3.05) is 13.7 Å². The second kappa shape index (κ2) is 10.6. The van der Waals surface area contributed by atoms with E-state index in [1.54, 1.807) is 0 Å². The number of thiocarbonyl (C=S) groups is 1. The molecule has 0 N–H and O–H groups in total. The van der Waals surface area contributed by atoms with Crippen molar-refractivity contribution in [3.05, 3.63) is 64.3 Å². The van der Waals surface area contributed by atoms with Gasteiger partial charge in [-0.1, -0.05) is 49.1 Å². The predicted octanol–water partition coefficient (Wildman–Crippen LogP) is 6.05. The molecular formula is C26H29ClN2O3S. The Bertz CT molecular complexity index is 1070. The van der Waals surface area contributed by atoms with E-state index in [4.69, 9.17) is 33.3 Å². The Labute approximate surface area is 205 Å². The zero-order chi connectivity index (χ0) is 23.4. The molecule has 2 aromatic carbocycles. The molecule has 0 bridgehead atoms. The van der Waals surface area contributed by atoms with Crippen LogP contribution in [-0.2, 0) is 11.4 Å². The average molecular weight is 485 g/mol. The molecule has 174 valence electrons. The summed E-state index contributed by atoms with van der Waals surface area (Å²) < 4.78 is 11.8. The van der Waals surface area contributed by atoms with Crippen molar-refractivity contribution < 1.29 is 14.3 Å². The molecule has 0 atom stereocenters. The van der Waals surface area contributed by atoms with Gasteiger partial charge in [0.25, 0.3) is 5.91 Å². The molecule has 0 unspecified atom stereocenters. The van der Waals surface area contributed by atoms with Crippen LogP contribution in [0.5, 0.6) is 11.5 Å². The highest BCUT2D eigenvalue weighted by molar-refractivity contribution is 7.80. The van der Waals surface area contributed by atoms with Crippen LogP contribution in [0, 0.1) is 0 Å². The van der Waals surface area contributed by atoms with Crippen molar-refractivity contribution >= 4 is 40.9 Å². The molecule has 2 aliphatic rings. The molecule has 1 heterocycles.